The van der Waals surface area contributed by atoms with Gasteiger partial charge in [-0.25, -0.2) is 8.42 Å². The second-order valence-electron chi connectivity index (χ2n) is 12.2. The molecule has 1 aliphatic rings. The Hall–Kier alpha value is -4.39. The third kappa shape index (κ3) is 7.45. The van der Waals surface area contributed by atoms with E-state index in [1.807, 2.05) is 49.0 Å². The minimum atomic E-state index is -3.87. The highest BCUT2D eigenvalue weighted by Crippen LogP contribution is 2.30. The van der Waals surface area contributed by atoms with Crippen LogP contribution in [-0.2, 0) is 39.5 Å². The zero-order valence-electron chi connectivity index (χ0n) is 27.3. The molecular formula is C35H42N4O7S. The van der Waals surface area contributed by atoms with Crippen LogP contribution in [0.5, 0.6) is 11.5 Å². The van der Waals surface area contributed by atoms with E-state index < -0.39 is 22.2 Å². The number of hydrogen-bond acceptors (Lipinski definition) is 7. The SMILES string of the molecule is COc1ccc(S(=O)(=O)N(C)C[C@H]2Oc3ccc(NC(=O)Cc4cn(C)c5ccccc45)cc3CC(=O)N([C@@H](C)CO)C[C@@H]2C)cc1. The van der Waals surface area contributed by atoms with Crippen molar-refractivity contribution in [1.29, 1.82) is 0 Å². The monoisotopic (exact) mass is 662 g/mol. The number of aliphatic hydroxyl groups is 1. The minimum Gasteiger partial charge on any atom is -0.497 e. The molecule has 12 heteroatoms. The van der Waals surface area contributed by atoms with E-state index in [-0.39, 0.29) is 55.2 Å². The summed E-state index contributed by atoms with van der Waals surface area (Å²) < 4.78 is 41.9. The Morgan fingerprint density at radius 2 is 1.87 bits per heavy atom. The van der Waals surface area contributed by atoms with Gasteiger partial charge in [-0.1, -0.05) is 25.1 Å². The number of amides is 2. The molecule has 2 N–H and O–H groups in total. The van der Waals surface area contributed by atoms with Crippen LogP contribution in [-0.4, -0.2) is 85.1 Å². The predicted octanol–water partition coefficient (Wildman–Crippen LogP) is 3.84. The molecule has 1 aromatic heterocycles. The second-order valence-corrected chi connectivity index (χ2v) is 14.2. The topological polar surface area (TPSA) is 130 Å². The third-order valence-electron chi connectivity index (χ3n) is 8.74. The van der Waals surface area contributed by atoms with E-state index in [1.54, 1.807) is 42.2 Å². The van der Waals surface area contributed by atoms with Gasteiger partial charge in [-0.3, -0.25) is 9.59 Å². The number of rotatable bonds is 10. The van der Waals surface area contributed by atoms with E-state index in [4.69, 9.17) is 9.47 Å². The van der Waals surface area contributed by atoms with Gasteiger partial charge in [0.25, 0.3) is 0 Å². The van der Waals surface area contributed by atoms with Gasteiger partial charge in [0.15, 0.2) is 0 Å². The Labute approximate surface area is 275 Å². The lowest BCUT2D eigenvalue weighted by Gasteiger charge is -2.33. The van der Waals surface area contributed by atoms with Crippen molar-refractivity contribution in [2.75, 3.05) is 39.2 Å². The van der Waals surface area contributed by atoms with Gasteiger partial charge in [0.1, 0.15) is 17.6 Å². The summed E-state index contributed by atoms with van der Waals surface area (Å²) in [5, 5.41) is 13.9. The van der Waals surface area contributed by atoms with Crippen LogP contribution in [0.25, 0.3) is 10.9 Å². The molecule has 1 aliphatic heterocycles. The number of hydrogen-bond donors (Lipinski definition) is 2. The lowest BCUT2D eigenvalue weighted by molar-refractivity contribution is -0.134. The van der Waals surface area contributed by atoms with Crippen molar-refractivity contribution >= 4 is 38.4 Å². The number of aromatic nitrogens is 1. The summed E-state index contributed by atoms with van der Waals surface area (Å²) in [6, 6.07) is 18.8. The Balaban J connectivity index is 1.40. The van der Waals surface area contributed by atoms with Gasteiger partial charge in [-0.05, 0) is 61.0 Å². The smallest absolute Gasteiger partial charge is 0.242 e. The fourth-order valence-corrected chi connectivity index (χ4v) is 7.13. The summed E-state index contributed by atoms with van der Waals surface area (Å²) in [6.07, 6.45) is 1.46. The average molecular weight is 663 g/mol. The first-order chi connectivity index (χ1) is 22.4. The van der Waals surface area contributed by atoms with Crippen LogP contribution < -0.4 is 14.8 Å². The Morgan fingerprint density at radius 1 is 1.15 bits per heavy atom. The third-order valence-corrected chi connectivity index (χ3v) is 10.6. The largest absolute Gasteiger partial charge is 0.497 e. The number of benzene rings is 3. The van der Waals surface area contributed by atoms with Gasteiger partial charge in [0.2, 0.25) is 21.8 Å². The average Bonchev–Trinajstić information content (AvgIpc) is 3.39. The molecule has 0 saturated heterocycles. The lowest BCUT2D eigenvalue weighted by Crippen LogP contribution is -2.48. The van der Waals surface area contributed by atoms with E-state index in [1.165, 1.54) is 30.6 Å². The normalized spacial score (nSPS) is 17.8. The van der Waals surface area contributed by atoms with Gasteiger partial charge in [0.05, 0.1) is 44.0 Å². The van der Waals surface area contributed by atoms with Crippen molar-refractivity contribution in [1.82, 2.24) is 13.8 Å². The molecule has 47 heavy (non-hydrogen) atoms. The number of methoxy groups -OCH3 is 1. The maximum atomic E-state index is 13.6. The molecular weight excluding hydrogens is 620 g/mol. The molecule has 5 rings (SSSR count). The van der Waals surface area contributed by atoms with E-state index in [0.29, 0.717) is 22.7 Å². The van der Waals surface area contributed by atoms with Crippen LogP contribution >= 0.6 is 0 Å². The molecule has 0 spiro atoms. The van der Waals surface area contributed by atoms with E-state index in [2.05, 4.69) is 5.32 Å². The van der Waals surface area contributed by atoms with E-state index in [0.717, 1.165) is 16.5 Å². The molecule has 11 nitrogen and oxygen atoms in total. The van der Waals surface area contributed by atoms with Gasteiger partial charge in [0, 0.05) is 54.9 Å². The summed E-state index contributed by atoms with van der Waals surface area (Å²) in [5.74, 6) is 0.262. The summed E-state index contributed by atoms with van der Waals surface area (Å²) in [4.78, 5) is 28.5. The fourth-order valence-electron chi connectivity index (χ4n) is 5.95. The van der Waals surface area contributed by atoms with Crippen LogP contribution in [0.3, 0.4) is 0 Å². The molecule has 2 amide bonds. The predicted molar refractivity (Wildman–Crippen MR) is 180 cm³/mol. The molecule has 3 aromatic carbocycles. The highest BCUT2D eigenvalue weighted by molar-refractivity contribution is 7.89. The maximum Gasteiger partial charge on any atom is 0.242 e. The second kappa shape index (κ2) is 14.2. The number of nitrogens with one attached hydrogen (secondary N) is 1. The van der Waals surface area contributed by atoms with Crippen LogP contribution in [0.15, 0.2) is 77.8 Å². The summed E-state index contributed by atoms with van der Waals surface area (Å²) in [6.45, 7) is 3.70. The van der Waals surface area contributed by atoms with Crippen molar-refractivity contribution in [2.24, 2.45) is 13.0 Å². The number of fused-ring (bicyclic) bond motifs is 2. The van der Waals surface area contributed by atoms with Crippen molar-refractivity contribution in [3.63, 3.8) is 0 Å². The van der Waals surface area contributed by atoms with Crippen molar-refractivity contribution in [2.45, 2.75) is 43.7 Å². The number of carbonyl (C=O) groups excluding carboxylic acids is 2. The zero-order valence-corrected chi connectivity index (χ0v) is 28.2. The Morgan fingerprint density at radius 3 is 2.57 bits per heavy atom. The standard InChI is InChI=1S/C35H42N4O7S/c1-23-19-39(24(2)22-40)35(42)18-25-16-27(36-34(41)17-26-20-37(3)31-9-7-6-8-30(26)31)10-15-32(25)46-33(23)21-38(4)47(43,44)29-13-11-28(45-5)12-14-29/h6-16,20,23-24,33,40H,17-19,21-22H2,1-5H3,(H,36,41)/t23-,24-,33+/m0/s1. The summed E-state index contributed by atoms with van der Waals surface area (Å²) in [5.41, 5.74) is 3.00. The van der Waals surface area contributed by atoms with Crippen molar-refractivity contribution in [3.8, 4) is 11.5 Å². The fraction of sp³-hybridized carbons (Fsp3) is 0.371. The molecule has 4 aromatic rings. The number of carbonyl (C=O) groups is 2. The number of ether oxygens (including phenoxy) is 2. The summed E-state index contributed by atoms with van der Waals surface area (Å²) in [7, 11) is 1.08. The molecule has 0 radical (unpaired) electrons. The lowest BCUT2D eigenvalue weighted by atomic mass is 10.0. The number of aliphatic hydroxyl groups excluding tert-OH is 1. The molecule has 0 unspecified atom stereocenters. The number of anilines is 1. The molecule has 0 aliphatic carbocycles. The van der Waals surface area contributed by atoms with Crippen LogP contribution in [0.4, 0.5) is 5.69 Å². The highest BCUT2D eigenvalue weighted by Gasteiger charge is 2.33. The number of para-hydroxylation sites is 1. The molecule has 2 heterocycles. The Kier molecular flexibility index (Phi) is 10.2. The van der Waals surface area contributed by atoms with E-state index >= 15 is 0 Å². The van der Waals surface area contributed by atoms with Crippen LogP contribution in [0.2, 0.25) is 0 Å². The first-order valence-corrected chi connectivity index (χ1v) is 17.0. The maximum absolute atomic E-state index is 13.6. The molecule has 0 fully saturated rings. The van der Waals surface area contributed by atoms with Gasteiger partial charge < -0.3 is 29.4 Å². The minimum absolute atomic E-state index is 0.00796. The molecule has 0 saturated carbocycles. The molecule has 3 atom stereocenters. The number of nitrogens with zero attached hydrogens (tertiary/aromatic N) is 3. The van der Waals surface area contributed by atoms with Crippen molar-refractivity contribution < 1.29 is 32.6 Å². The first-order valence-electron chi connectivity index (χ1n) is 15.5. The molecule has 250 valence electrons. The van der Waals surface area contributed by atoms with Gasteiger partial charge in [-0.15, -0.1) is 0 Å². The zero-order chi connectivity index (χ0) is 33.9. The quantitative estimate of drug-likeness (QED) is 0.264. The van der Waals surface area contributed by atoms with Gasteiger partial charge >= 0.3 is 0 Å². The number of aryl methyl sites for hydroxylation is 1. The number of sulfonamides is 1. The Bertz CT molecular complexity index is 1860. The molecule has 0 bridgehead atoms. The van der Waals surface area contributed by atoms with Crippen LogP contribution in [0.1, 0.15) is 25.0 Å². The summed E-state index contributed by atoms with van der Waals surface area (Å²) >= 11 is 0. The van der Waals surface area contributed by atoms with Crippen molar-refractivity contribution in [3.05, 3.63) is 84.1 Å². The highest BCUT2D eigenvalue weighted by atomic mass is 32.2. The number of likely N-dealkylation sites (N-methyl/N-ethyl adjacent to an activating group) is 1. The first kappa shape index (κ1) is 34.0. The van der Waals surface area contributed by atoms with Crippen LogP contribution in [0, 0.1) is 5.92 Å². The van der Waals surface area contributed by atoms with E-state index in [9.17, 15) is 23.1 Å². The van der Waals surface area contributed by atoms with Gasteiger partial charge in [-0.2, -0.15) is 4.31 Å².